The van der Waals surface area contributed by atoms with E-state index in [9.17, 15) is 13.5 Å². The third-order valence-electron chi connectivity index (χ3n) is 7.06. The minimum Gasteiger partial charge on any atom is -0.506 e. The zero-order valence-corrected chi connectivity index (χ0v) is 25.2. The van der Waals surface area contributed by atoms with Gasteiger partial charge in [0.25, 0.3) is 10.1 Å². The molecule has 9 heteroatoms. The average molecular weight is 617 g/mol. The summed E-state index contributed by atoms with van der Waals surface area (Å²) in [5, 5.41) is 11.7. The maximum Gasteiger partial charge on any atom is 0.265 e. The smallest absolute Gasteiger partial charge is 0.265 e. The molecule has 0 aromatic heterocycles. The summed E-state index contributed by atoms with van der Waals surface area (Å²) in [7, 11) is -4.05. The quantitative estimate of drug-likeness (QED) is 0.170. The van der Waals surface area contributed by atoms with E-state index in [-0.39, 0.29) is 32.2 Å². The molecule has 0 saturated heterocycles. The molecule has 0 heterocycles. The van der Waals surface area contributed by atoms with Gasteiger partial charge in [-0.3, -0.25) is 4.18 Å². The highest BCUT2D eigenvalue weighted by Gasteiger charge is 2.50. The first kappa shape index (κ1) is 31.4. The van der Waals surface area contributed by atoms with Crippen molar-refractivity contribution in [2.24, 2.45) is 0 Å². The maximum absolute atomic E-state index is 12.5. The lowest BCUT2D eigenvalue weighted by atomic mass is 9.91. The molecular formula is C35H36O8S. The first-order valence-corrected chi connectivity index (χ1v) is 16.1. The lowest BCUT2D eigenvalue weighted by molar-refractivity contribution is -0.187. The van der Waals surface area contributed by atoms with Crippen molar-refractivity contribution in [1.82, 2.24) is 0 Å². The molecule has 4 atom stereocenters. The van der Waals surface area contributed by atoms with E-state index in [4.69, 9.17) is 23.1 Å². The molecule has 0 spiro atoms. The molecule has 1 N–H and O–H groups in total. The number of aliphatic hydroxyl groups is 1. The predicted molar refractivity (Wildman–Crippen MR) is 166 cm³/mol. The van der Waals surface area contributed by atoms with Crippen molar-refractivity contribution < 1.29 is 36.7 Å². The van der Waals surface area contributed by atoms with Gasteiger partial charge in [0.1, 0.15) is 24.9 Å². The van der Waals surface area contributed by atoms with Gasteiger partial charge in [-0.25, -0.2) is 0 Å². The Hall–Kier alpha value is -3.99. The molecule has 0 fully saturated rings. The predicted octanol–water partition coefficient (Wildman–Crippen LogP) is 6.09. The van der Waals surface area contributed by atoms with Crippen LogP contribution in [0.2, 0.25) is 0 Å². The molecule has 0 amide bonds. The van der Waals surface area contributed by atoms with Crippen LogP contribution in [0.5, 0.6) is 0 Å². The molecule has 0 bridgehead atoms. The van der Waals surface area contributed by atoms with Crippen LogP contribution in [0.3, 0.4) is 0 Å². The Labute approximate surface area is 258 Å². The van der Waals surface area contributed by atoms with Crippen LogP contribution in [0, 0.1) is 0 Å². The number of hydrogen-bond donors (Lipinski definition) is 1. The van der Waals surface area contributed by atoms with Crippen molar-refractivity contribution in [3.8, 4) is 0 Å². The zero-order chi connectivity index (χ0) is 30.8. The lowest BCUT2D eigenvalue weighted by Gasteiger charge is -2.41. The molecule has 4 aromatic carbocycles. The number of rotatable bonds is 14. The Balaban J connectivity index is 1.55. The molecule has 0 saturated carbocycles. The van der Waals surface area contributed by atoms with Gasteiger partial charge in [0, 0.05) is 0 Å². The van der Waals surface area contributed by atoms with Crippen molar-refractivity contribution in [3.05, 3.63) is 155 Å². The van der Waals surface area contributed by atoms with E-state index in [1.165, 1.54) is 0 Å². The molecule has 8 nitrogen and oxygen atoms in total. The van der Waals surface area contributed by atoms with E-state index >= 15 is 0 Å². The SMILES string of the molecule is CS(=O)(=O)OC1C(O)=C(OCc2ccccc2)C(OCc2ccccc2)[C@H](OCc2ccccc2)C1OCc1ccccc1. The van der Waals surface area contributed by atoms with Crippen molar-refractivity contribution in [1.29, 1.82) is 0 Å². The minimum absolute atomic E-state index is 0.0241. The summed E-state index contributed by atoms with van der Waals surface area (Å²) >= 11 is 0. The van der Waals surface area contributed by atoms with Gasteiger partial charge in [-0.1, -0.05) is 121 Å². The summed E-state index contributed by atoms with van der Waals surface area (Å²) in [6.07, 6.45) is -3.51. The van der Waals surface area contributed by atoms with Crippen molar-refractivity contribution in [2.45, 2.75) is 50.8 Å². The fourth-order valence-electron chi connectivity index (χ4n) is 4.94. The van der Waals surface area contributed by atoms with Crippen LogP contribution in [0.1, 0.15) is 22.3 Å². The van der Waals surface area contributed by atoms with Crippen LogP contribution in [0.15, 0.2) is 133 Å². The Morgan fingerprint density at radius 2 is 0.909 bits per heavy atom. The van der Waals surface area contributed by atoms with Gasteiger partial charge in [-0.05, 0) is 22.3 Å². The molecule has 3 unspecified atom stereocenters. The van der Waals surface area contributed by atoms with Gasteiger partial charge < -0.3 is 24.1 Å². The zero-order valence-electron chi connectivity index (χ0n) is 24.4. The van der Waals surface area contributed by atoms with E-state index in [2.05, 4.69) is 0 Å². The van der Waals surface area contributed by atoms with Crippen molar-refractivity contribution in [3.63, 3.8) is 0 Å². The maximum atomic E-state index is 12.5. The van der Waals surface area contributed by atoms with Crippen LogP contribution in [-0.4, -0.2) is 44.2 Å². The molecule has 44 heavy (non-hydrogen) atoms. The first-order valence-electron chi connectivity index (χ1n) is 14.3. The Kier molecular flexibility index (Phi) is 10.8. The fourth-order valence-corrected chi connectivity index (χ4v) is 5.52. The summed E-state index contributed by atoms with van der Waals surface area (Å²) in [6, 6.07) is 38.0. The summed E-state index contributed by atoms with van der Waals surface area (Å²) in [4.78, 5) is 0. The Morgan fingerprint density at radius 3 is 1.32 bits per heavy atom. The van der Waals surface area contributed by atoms with Crippen LogP contribution in [0.25, 0.3) is 0 Å². The van der Waals surface area contributed by atoms with E-state index in [1.54, 1.807) is 0 Å². The minimum atomic E-state index is -4.05. The number of hydrogen-bond acceptors (Lipinski definition) is 8. The topological polar surface area (TPSA) is 101 Å². The van der Waals surface area contributed by atoms with Crippen LogP contribution < -0.4 is 0 Å². The summed E-state index contributed by atoms with van der Waals surface area (Å²) in [6.45, 7) is 0.544. The number of aliphatic hydroxyl groups excluding tert-OH is 1. The normalized spacial score (nSPS) is 20.4. The Bertz CT molecular complexity index is 1580. The largest absolute Gasteiger partial charge is 0.506 e. The molecule has 0 aliphatic heterocycles. The van der Waals surface area contributed by atoms with Crippen LogP contribution >= 0.6 is 0 Å². The second kappa shape index (κ2) is 15.1. The van der Waals surface area contributed by atoms with Crippen molar-refractivity contribution in [2.75, 3.05) is 6.26 Å². The molecular weight excluding hydrogens is 580 g/mol. The number of ether oxygens (including phenoxy) is 4. The summed E-state index contributed by atoms with van der Waals surface area (Å²) < 4.78 is 56.0. The monoisotopic (exact) mass is 616 g/mol. The number of benzene rings is 4. The van der Waals surface area contributed by atoms with Gasteiger partial charge >= 0.3 is 0 Å². The summed E-state index contributed by atoms with van der Waals surface area (Å²) in [5.41, 5.74) is 3.48. The molecule has 230 valence electrons. The van der Waals surface area contributed by atoms with Gasteiger partial charge in [-0.2, -0.15) is 8.42 Å². The molecule has 1 aliphatic rings. The van der Waals surface area contributed by atoms with E-state index < -0.39 is 40.3 Å². The van der Waals surface area contributed by atoms with Gasteiger partial charge in [0.05, 0.1) is 26.1 Å². The summed E-state index contributed by atoms with van der Waals surface area (Å²) in [5.74, 6) is -0.405. The van der Waals surface area contributed by atoms with E-state index in [1.807, 2.05) is 121 Å². The van der Waals surface area contributed by atoms with Gasteiger partial charge in [0.2, 0.25) is 0 Å². The molecule has 1 aliphatic carbocycles. The highest BCUT2D eigenvalue weighted by Crippen LogP contribution is 2.36. The second-order valence-corrected chi connectivity index (χ2v) is 12.1. The lowest BCUT2D eigenvalue weighted by Crippen LogP contribution is -2.55. The molecule has 5 rings (SSSR count). The Morgan fingerprint density at radius 1 is 0.545 bits per heavy atom. The van der Waals surface area contributed by atoms with Crippen molar-refractivity contribution >= 4 is 10.1 Å². The highest BCUT2D eigenvalue weighted by molar-refractivity contribution is 7.86. The fraction of sp³-hybridized carbons (Fsp3) is 0.257. The molecule has 0 radical (unpaired) electrons. The van der Waals surface area contributed by atoms with Gasteiger partial charge in [0.15, 0.2) is 17.6 Å². The molecule has 4 aromatic rings. The third-order valence-corrected chi connectivity index (χ3v) is 7.62. The standard InChI is InChI=1S/C35H36O8S/c1-44(37,38)43-32-30(36)31(39-22-26-14-6-2-7-15-26)33(40-23-27-16-8-3-9-17-27)35(42-25-29-20-12-5-13-21-29)34(32)41-24-28-18-10-4-11-19-28/h2-21,32-36H,22-25H2,1H3/t32?,33?,34?,35-/m0/s1. The van der Waals surface area contributed by atoms with E-state index in [0.29, 0.717) is 0 Å². The van der Waals surface area contributed by atoms with Crippen LogP contribution in [0.4, 0.5) is 0 Å². The van der Waals surface area contributed by atoms with Crippen LogP contribution in [-0.2, 0) is 59.7 Å². The third kappa shape index (κ3) is 8.78. The van der Waals surface area contributed by atoms with E-state index in [0.717, 1.165) is 28.5 Å². The second-order valence-electron chi connectivity index (χ2n) is 10.5. The van der Waals surface area contributed by atoms with Gasteiger partial charge in [-0.15, -0.1) is 0 Å². The first-order chi connectivity index (χ1) is 21.4. The highest BCUT2D eigenvalue weighted by atomic mass is 32.2. The average Bonchev–Trinajstić information content (AvgIpc) is 3.04.